The van der Waals surface area contributed by atoms with Gasteiger partial charge in [0.1, 0.15) is 11.6 Å². The number of hydrogen-bond donors (Lipinski definition) is 1. The molecule has 1 N–H and O–H groups in total. The Morgan fingerprint density at radius 1 is 1.09 bits per heavy atom. The van der Waals surface area contributed by atoms with E-state index in [9.17, 15) is 14.4 Å². The van der Waals surface area contributed by atoms with E-state index in [4.69, 9.17) is 33.0 Å². The molecule has 1 aromatic carbocycles. The van der Waals surface area contributed by atoms with Crippen molar-refractivity contribution in [3.8, 4) is 0 Å². The first-order chi connectivity index (χ1) is 16.4. The largest absolute Gasteiger partial charge is 0.481 e. The minimum atomic E-state index is -1.02. The number of pyridine rings is 1. The number of esters is 1. The third kappa shape index (κ3) is 8.82. The van der Waals surface area contributed by atoms with Gasteiger partial charge < -0.3 is 14.7 Å². The number of carbonyl (C=O) groups excluding carboxylic acids is 2. The first kappa shape index (κ1) is 28.6. The molecule has 0 bridgehead atoms. The summed E-state index contributed by atoms with van der Waals surface area (Å²) in [5, 5.41) is 10.5. The minimum absolute atomic E-state index is 0.243. The van der Waals surface area contributed by atoms with Crippen molar-refractivity contribution in [2.75, 3.05) is 0 Å². The fourth-order valence-electron chi connectivity index (χ4n) is 3.95. The summed E-state index contributed by atoms with van der Waals surface area (Å²) in [5.74, 6) is -2.45. The minimum Gasteiger partial charge on any atom is -0.481 e. The van der Waals surface area contributed by atoms with Crippen LogP contribution in [0.3, 0.4) is 0 Å². The second-order valence-corrected chi connectivity index (χ2v) is 10.2. The highest BCUT2D eigenvalue weighted by Crippen LogP contribution is 2.38. The molecule has 2 aromatic rings. The predicted molar refractivity (Wildman–Crippen MR) is 135 cm³/mol. The van der Waals surface area contributed by atoms with Crippen LogP contribution in [0.5, 0.6) is 0 Å². The Balaban J connectivity index is 0.000000527. The molecule has 9 heteroatoms. The smallest absolute Gasteiger partial charge is 0.329 e. The molecule has 0 radical (unpaired) electrons. The number of piperidine rings is 1. The lowest BCUT2D eigenvalue weighted by atomic mass is 9.85. The molecule has 1 aliphatic rings. The van der Waals surface area contributed by atoms with Crippen LogP contribution in [-0.2, 0) is 19.1 Å². The zero-order valence-electron chi connectivity index (χ0n) is 20.4. The highest BCUT2D eigenvalue weighted by atomic mass is 35.5. The number of amides is 1. The molecule has 0 aliphatic carbocycles. The highest BCUT2D eigenvalue weighted by molar-refractivity contribution is 6.30. The van der Waals surface area contributed by atoms with Crippen molar-refractivity contribution in [1.29, 1.82) is 0 Å². The molecule has 2 heterocycles. The van der Waals surface area contributed by atoms with Crippen molar-refractivity contribution in [3.63, 3.8) is 0 Å². The standard InChI is InChI=1S/C21H28ClNO5.C5H4ClN/c1-5-16(20(27)28-21(2,3)4)23-17(13-6-9-15(22)10-7-13)11-8-14(19(23)26)12-18(24)25;6-5-1-3-7-4-2-5/h6-7,9-10,14,16-17H,5,8,11-12H2,1-4H3,(H,24,25);1-4H. The number of carboxylic acid groups (broad SMARTS) is 1. The lowest BCUT2D eigenvalue weighted by Crippen LogP contribution is -2.53. The predicted octanol–water partition coefficient (Wildman–Crippen LogP) is 5.95. The Bertz CT molecular complexity index is 993. The summed E-state index contributed by atoms with van der Waals surface area (Å²) in [6, 6.07) is 9.55. The topological polar surface area (TPSA) is 96.8 Å². The molecule has 1 aromatic heterocycles. The van der Waals surface area contributed by atoms with Gasteiger partial charge in [-0.25, -0.2) is 4.79 Å². The van der Waals surface area contributed by atoms with Crippen LogP contribution >= 0.6 is 23.2 Å². The SMILES string of the molecule is CCC(C(=O)OC(C)(C)C)N1C(=O)C(CC(=O)O)CCC1c1ccc(Cl)cc1.Clc1ccncc1. The van der Waals surface area contributed by atoms with Gasteiger partial charge in [0.2, 0.25) is 5.91 Å². The average Bonchev–Trinajstić information content (AvgIpc) is 2.77. The number of carbonyl (C=O) groups is 3. The van der Waals surface area contributed by atoms with E-state index >= 15 is 0 Å². The summed E-state index contributed by atoms with van der Waals surface area (Å²) in [4.78, 5) is 42.5. The van der Waals surface area contributed by atoms with Gasteiger partial charge in [-0.2, -0.15) is 0 Å². The lowest BCUT2D eigenvalue weighted by Gasteiger charge is -2.43. The van der Waals surface area contributed by atoms with E-state index in [0.717, 1.165) is 10.6 Å². The van der Waals surface area contributed by atoms with Crippen LogP contribution in [0.15, 0.2) is 48.8 Å². The van der Waals surface area contributed by atoms with Crippen molar-refractivity contribution in [2.24, 2.45) is 5.92 Å². The van der Waals surface area contributed by atoms with Crippen molar-refractivity contribution in [2.45, 2.75) is 71.1 Å². The van der Waals surface area contributed by atoms with Crippen LogP contribution in [0.25, 0.3) is 0 Å². The van der Waals surface area contributed by atoms with E-state index in [0.29, 0.717) is 24.3 Å². The van der Waals surface area contributed by atoms with Crippen molar-refractivity contribution >= 4 is 41.0 Å². The fraction of sp³-hybridized carbons (Fsp3) is 0.462. The molecular weight excluding hydrogens is 491 g/mol. The number of benzene rings is 1. The Labute approximate surface area is 216 Å². The number of hydrogen-bond acceptors (Lipinski definition) is 5. The quantitative estimate of drug-likeness (QED) is 0.470. The van der Waals surface area contributed by atoms with Crippen LogP contribution in [0.2, 0.25) is 10.0 Å². The van der Waals surface area contributed by atoms with Gasteiger partial charge in [0, 0.05) is 28.4 Å². The molecule has 3 atom stereocenters. The molecule has 0 saturated carbocycles. The van der Waals surface area contributed by atoms with Gasteiger partial charge in [0.05, 0.1) is 12.5 Å². The maximum atomic E-state index is 13.2. The maximum absolute atomic E-state index is 13.2. The summed E-state index contributed by atoms with van der Waals surface area (Å²) in [6.07, 6.45) is 4.48. The van der Waals surface area contributed by atoms with Crippen molar-refractivity contribution < 1.29 is 24.2 Å². The molecule has 35 heavy (non-hydrogen) atoms. The molecule has 7 nitrogen and oxygen atoms in total. The zero-order chi connectivity index (χ0) is 26.2. The summed E-state index contributed by atoms with van der Waals surface area (Å²) in [5.41, 5.74) is 0.188. The second-order valence-electron chi connectivity index (χ2n) is 9.31. The van der Waals surface area contributed by atoms with Crippen LogP contribution < -0.4 is 0 Å². The van der Waals surface area contributed by atoms with E-state index in [2.05, 4.69) is 4.98 Å². The first-order valence-electron chi connectivity index (χ1n) is 11.5. The Morgan fingerprint density at radius 2 is 1.66 bits per heavy atom. The number of nitrogens with zero attached hydrogens (tertiary/aromatic N) is 2. The summed E-state index contributed by atoms with van der Waals surface area (Å²) in [6.45, 7) is 7.15. The fourth-order valence-corrected chi connectivity index (χ4v) is 4.19. The zero-order valence-corrected chi connectivity index (χ0v) is 21.9. The Kier molecular flexibility index (Phi) is 10.5. The van der Waals surface area contributed by atoms with Gasteiger partial charge >= 0.3 is 11.9 Å². The number of halogens is 2. The molecule has 1 amide bonds. The molecule has 3 unspecified atom stereocenters. The number of likely N-dealkylation sites (tertiary alicyclic amines) is 1. The third-order valence-electron chi connectivity index (χ3n) is 5.44. The normalized spacial score (nSPS) is 18.8. The number of rotatable bonds is 6. The maximum Gasteiger partial charge on any atom is 0.329 e. The monoisotopic (exact) mass is 522 g/mol. The molecular formula is C26H32Cl2N2O5. The van der Waals surface area contributed by atoms with Gasteiger partial charge in [-0.05, 0) is 69.9 Å². The Hall–Kier alpha value is -2.64. The highest BCUT2D eigenvalue weighted by Gasteiger charge is 2.43. The number of carboxylic acids is 1. The van der Waals surface area contributed by atoms with Crippen LogP contribution in [-0.4, -0.2) is 44.5 Å². The lowest BCUT2D eigenvalue weighted by molar-refractivity contribution is -0.170. The molecule has 1 saturated heterocycles. The van der Waals surface area contributed by atoms with Crippen molar-refractivity contribution in [3.05, 3.63) is 64.4 Å². The first-order valence-corrected chi connectivity index (χ1v) is 12.3. The number of aliphatic carboxylic acids is 1. The van der Waals surface area contributed by atoms with Gasteiger partial charge in [-0.15, -0.1) is 0 Å². The second kappa shape index (κ2) is 12.9. The molecule has 190 valence electrons. The third-order valence-corrected chi connectivity index (χ3v) is 5.95. The van der Waals surface area contributed by atoms with Gasteiger partial charge in [0.25, 0.3) is 0 Å². The molecule has 0 spiro atoms. The summed E-state index contributed by atoms with van der Waals surface area (Å²) in [7, 11) is 0. The molecule has 1 fully saturated rings. The van der Waals surface area contributed by atoms with Crippen LogP contribution in [0.1, 0.15) is 65.0 Å². The van der Waals surface area contributed by atoms with Crippen molar-refractivity contribution in [1.82, 2.24) is 9.88 Å². The molecule has 1 aliphatic heterocycles. The van der Waals surface area contributed by atoms with E-state index in [1.165, 1.54) is 4.90 Å². The Morgan fingerprint density at radius 3 is 2.11 bits per heavy atom. The number of ether oxygens (including phenoxy) is 1. The van der Waals surface area contributed by atoms with E-state index in [1.54, 1.807) is 57.4 Å². The van der Waals surface area contributed by atoms with E-state index < -0.39 is 29.5 Å². The number of aromatic nitrogens is 1. The van der Waals surface area contributed by atoms with Crippen LogP contribution in [0, 0.1) is 5.92 Å². The van der Waals surface area contributed by atoms with Gasteiger partial charge in [-0.3, -0.25) is 14.6 Å². The van der Waals surface area contributed by atoms with Gasteiger partial charge in [-0.1, -0.05) is 42.3 Å². The summed E-state index contributed by atoms with van der Waals surface area (Å²) >= 11 is 11.5. The average molecular weight is 523 g/mol. The van der Waals surface area contributed by atoms with Gasteiger partial charge in [0.15, 0.2) is 0 Å². The molecule has 3 rings (SSSR count). The summed E-state index contributed by atoms with van der Waals surface area (Å²) < 4.78 is 5.54. The van der Waals surface area contributed by atoms with E-state index in [1.807, 2.05) is 19.1 Å². The van der Waals surface area contributed by atoms with Crippen LogP contribution in [0.4, 0.5) is 0 Å². The van der Waals surface area contributed by atoms with E-state index in [-0.39, 0.29) is 18.4 Å².